The standard InChI is InChI=1S/C15H34N2S/c1-13(2)10-16-11-15(4,5)12-17(6)14(3)8-9-18-7/h13-14,16H,8-12H2,1-7H3. The maximum Gasteiger partial charge on any atom is 0.00719 e. The first-order chi connectivity index (χ1) is 8.28. The van der Waals surface area contributed by atoms with Gasteiger partial charge in [-0.3, -0.25) is 0 Å². The van der Waals surface area contributed by atoms with Gasteiger partial charge in [-0.25, -0.2) is 0 Å². The van der Waals surface area contributed by atoms with Gasteiger partial charge in [-0.2, -0.15) is 11.8 Å². The van der Waals surface area contributed by atoms with Crippen molar-refractivity contribution in [3.05, 3.63) is 0 Å². The second-order valence-corrected chi connectivity index (χ2v) is 7.72. The van der Waals surface area contributed by atoms with E-state index >= 15 is 0 Å². The fraction of sp³-hybridized carbons (Fsp3) is 1.00. The summed E-state index contributed by atoms with van der Waals surface area (Å²) in [5.74, 6) is 2.00. The van der Waals surface area contributed by atoms with Crippen molar-refractivity contribution in [1.82, 2.24) is 10.2 Å². The van der Waals surface area contributed by atoms with Crippen LogP contribution in [0.25, 0.3) is 0 Å². The molecule has 0 aliphatic heterocycles. The van der Waals surface area contributed by atoms with Crippen LogP contribution in [-0.2, 0) is 0 Å². The average Bonchev–Trinajstić information content (AvgIpc) is 2.24. The highest BCUT2D eigenvalue weighted by atomic mass is 32.2. The quantitative estimate of drug-likeness (QED) is 0.658. The fourth-order valence-electron chi connectivity index (χ4n) is 2.09. The first kappa shape index (κ1) is 18.3. The molecule has 1 N–H and O–H groups in total. The van der Waals surface area contributed by atoms with E-state index in [1.165, 1.54) is 12.2 Å². The number of thioether (sulfide) groups is 1. The van der Waals surface area contributed by atoms with E-state index in [2.05, 4.69) is 58.1 Å². The maximum atomic E-state index is 3.58. The van der Waals surface area contributed by atoms with Crippen LogP contribution >= 0.6 is 11.8 Å². The monoisotopic (exact) mass is 274 g/mol. The van der Waals surface area contributed by atoms with Crippen LogP contribution in [-0.4, -0.2) is 49.6 Å². The smallest absolute Gasteiger partial charge is 0.00719 e. The summed E-state index contributed by atoms with van der Waals surface area (Å²) < 4.78 is 0. The summed E-state index contributed by atoms with van der Waals surface area (Å²) in [4.78, 5) is 2.51. The molecule has 0 bridgehead atoms. The molecule has 1 atom stereocenters. The predicted octanol–water partition coefficient (Wildman–Crippen LogP) is 3.33. The Balaban J connectivity index is 3.97. The molecule has 0 spiro atoms. The number of nitrogens with one attached hydrogen (secondary N) is 1. The van der Waals surface area contributed by atoms with Gasteiger partial charge in [0.05, 0.1) is 0 Å². The van der Waals surface area contributed by atoms with Crippen LogP contribution in [0.3, 0.4) is 0 Å². The average molecular weight is 275 g/mol. The van der Waals surface area contributed by atoms with Crippen LogP contribution in [0, 0.1) is 11.3 Å². The van der Waals surface area contributed by atoms with Gasteiger partial charge in [0, 0.05) is 19.1 Å². The van der Waals surface area contributed by atoms with Crippen molar-refractivity contribution in [2.75, 3.05) is 38.7 Å². The van der Waals surface area contributed by atoms with Crippen molar-refractivity contribution in [2.24, 2.45) is 11.3 Å². The fourth-order valence-corrected chi connectivity index (χ4v) is 2.67. The zero-order valence-corrected chi connectivity index (χ0v) is 14.4. The molecule has 3 heteroatoms. The van der Waals surface area contributed by atoms with E-state index < -0.39 is 0 Å². The van der Waals surface area contributed by atoms with Gasteiger partial charge in [-0.15, -0.1) is 0 Å². The number of nitrogens with zero attached hydrogens (tertiary/aromatic N) is 1. The highest BCUT2D eigenvalue weighted by Gasteiger charge is 2.22. The number of hydrogen-bond acceptors (Lipinski definition) is 3. The van der Waals surface area contributed by atoms with E-state index in [4.69, 9.17) is 0 Å². The lowest BCUT2D eigenvalue weighted by Crippen LogP contribution is -2.43. The van der Waals surface area contributed by atoms with Gasteiger partial charge in [0.1, 0.15) is 0 Å². The van der Waals surface area contributed by atoms with Crippen LogP contribution in [0.4, 0.5) is 0 Å². The van der Waals surface area contributed by atoms with Crippen molar-refractivity contribution in [1.29, 1.82) is 0 Å². The Morgan fingerprint density at radius 2 is 1.83 bits per heavy atom. The van der Waals surface area contributed by atoms with E-state index in [0.29, 0.717) is 11.5 Å². The Kier molecular flexibility index (Phi) is 9.36. The molecule has 0 aromatic rings. The zero-order chi connectivity index (χ0) is 14.2. The third-order valence-electron chi connectivity index (χ3n) is 3.33. The molecule has 0 heterocycles. The Hall–Kier alpha value is 0.270. The summed E-state index contributed by atoms with van der Waals surface area (Å²) in [6, 6.07) is 0.682. The highest BCUT2D eigenvalue weighted by molar-refractivity contribution is 7.98. The minimum atomic E-state index is 0.345. The van der Waals surface area contributed by atoms with Gasteiger partial charge >= 0.3 is 0 Å². The van der Waals surface area contributed by atoms with Gasteiger partial charge in [0.15, 0.2) is 0 Å². The highest BCUT2D eigenvalue weighted by Crippen LogP contribution is 2.18. The molecule has 0 saturated carbocycles. The van der Waals surface area contributed by atoms with Gasteiger partial charge < -0.3 is 10.2 Å². The second kappa shape index (κ2) is 9.22. The van der Waals surface area contributed by atoms with E-state index in [1.807, 2.05) is 11.8 Å². The summed E-state index contributed by atoms with van der Waals surface area (Å²) in [6.45, 7) is 15.0. The van der Waals surface area contributed by atoms with E-state index in [0.717, 1.165) is 25.6 Å². The maximum absolute atomic E-state index is 3.58. The summed E-state index contributed by atoms with van der Waals surface area (Å²) >= 11 is 1.94. The first-order valence-electron chi connectivity index (χ1n) is 7.18. The summed E-state index contributed by atoms with van der Waals surface area (Å²) in [5.41, 5.74) is 0.345. The lowest BCUT2D eigenvalue weighted by Gasteiger charge is -2.34. The first-order valence-corrected chi connectivity index (χ1v) is 8.58. The molecule has 2 nitrogen and oxygen atoms in total. The Labute approximate surface area is 119 Å². The topological polar surface area (TPSA) is 15.3 Å². The van der Waals surface area contributed by atoms with Crippen LogP contribution in [0.1, 0.15) is 41.0 Å². The third-order valence-corrected chi connectivity index (χ3v) is 3.97. The molecule has 0 aromatic heterocycles. The molecule has 0 aromatic carbocycles. The Morgan fingerprint density at radius 1 is 1.22 bits per heavy atom. The normalized spacial score (nSPS) is 14.5. The molecule has 0 fully saturated rings. The van der Waals surface area contributed by atoms with Gasteiger partial charge in [-0.05, 0) is 50.3 Å². The van der Waals surface area contributed by atoms with Crippen molar-refractivity contribution < 1.29 is 0 Å². The number of rotatable bonds is 10. The molecule has 1 unspecified atom stereocenters. The van der Waals surface area contributed by atoms with Crippen molar-refractivity contribution in [3.63, 3.8) is 0 Å². The van der Waals surface area contributed by atoms with E-state index in [9.17, 15) is 0 Å². The number of hydrogen-bond donors (Lipinski definition) is 1. The molecule has 0 saturated heterocycles. The summed E-state index contributed by atoms with van der Waals surface area (Å²) in [7, 11) is 2.26. The SMILES string of the molecule is CSCCC(C)N(C)CC(C)(C)CNCC(C)C. The lowest BCUT2D eigenvalue weighted by atomic mass is 9.92. The zero-order valence-electron chi connectivity index (χ0n) is 13.5. The predicted molar refractivity (Wildman–Crippen MR) is 86.6 cm³/mol. The Bertz CT molecular complexity index is 205. The van der Waals surface area contributed by atoms with Gasteiger partial charge in [0.2, 0.25) is 0 Å². The van der Waals surface area contributed by atoms with E-state index in [-0.39, 0.29) is 0 Å². The lowest BCUT2D eigenvalue weighted by molar-refractivity contribution is 0.162. The van der Waals surface area contributed by atoms with Crippen LogP contribution in [0.2, 0.25) is 0 Å². The molecule has 0 aliphatic carbocycles. The molecule has 0 amide bonds. The largest absolute Gasteiger partial charge is 0.316 e. The summed E-state index contributed by atoms with van der Waals surface area (Å²) in [6.07, 6.45) is 3.47. The molecule has 0 rings (SSSR count). The molecule has 18 heavy (non-hydrogen) atoms. The van der Waals surface area contributed by atoms with Crippen molar-refractivity contribution >= 4 is 11.8 Å². The van der Waals surface area contributed by atoms with Crippen molar-refractivity contribution in [3.8, 4) is 0 Å². The minimum absolute atomic E-state index is 0.345. The van der Waals surface area contributed by atoms with Crippen LogP contribution < -0.4 is 5.32 Å². The third kappa shape index (κ3) is 9.23. The van der Waals surface area contributed by atoms with Gasteiger partial charge in [0.25, 0.3) is 0 Å². The molecule has 0 radical (unpaired) electrons. The van der Waals surface area contributed by atoms with Crippen molar-refractivity contribution in [2.45, 2.75) is 47.1 Å². The van der Waals surface area contributed by atoms with E-state index in [1.54, 1.807) is 0 Å². The van der Waals surface area contributed by atoms with Crippen LogP contribution in [0.5, 0.6) is 0 Å². The molecular formula is C15H34N2S. The summed E-state index contributed by atoms with van der Waals surface area (Å²) in [5, 5.41) is 3.58. The minimum Gasteiger partial charge on any atom is -0.316 e. The Morgan fingerprint density at radius 3 is 2.33 bits per heavy atom. The molecule has 0 aliphatic rings. The van der Waals surface area contributed by atoms with Gasteiger partial charge in [-0.1, -0.05) is 27.7 Å². The van der Waals surface area contributed by atoms with Crippen LogP contribution in [0.15, 0.2) is 0 Å². The second-order valence-electron chi connectivity index (χ2n) is 6.73. The molecule has 110 valence electrons. The molecular weight excluding hydrogens is 240 g/mol.